The van der Waals surface area contributed by atoms with Gasteiger partial charge < -0.3 is 14.7 Å². The van der Waals surface area contributed by atoms with Crippen LogP contribution in [0.25, 0.3) is 0 Å². The van der Waals surface area contributed by atoms with Crippen molar-refractivity contribution in [2.24, 2.45) is 11.3 Å². The second-order valence-corrected chi connectivity index (χ2v) is 10.5. The van der Waals surface area contributed by atoms with Crippen molar-refractivity contribution in [3.63, 3.8) is 0 Å². The molecule has 1 amide bonds. The number of morpholine rings is 1. The number of carbonyl (C=O) groups excluding carboxylic acids is 1. The molecule has 0 spiro atoms. The Balaban J connectivity index is 2.03. The minimum atomic E-state index is -1.01. The van der Waals surface area contributed by atoms with Crippen LogP contribution in [0.5, 0.6) is 0 Å². The predicted octanol–water partition coefficient (Wildman–Crippen LogP) is 5.32. The molecule has 0 aromatic carbocycles. The van der Waals surface area contributed by atoms with Crippen LogP contribution in [-0.4, -0.2) is 35.7 Å². The number of anilines is 1. The van der Waals surface area contributed by atoms with Crippen LogP contribution in [0.3, 0.4) is 0 Å². The molecule has 6 heteroatoms. The number of hydrogen-bond acceptors (Lipinski definition) is 4. The van der Waals surface area contributed by atoms with Gasteiger partial charge in [0.2, 0.25) is 0 Å². The van der Waals surface area contributed by atoms with Crippen LogP contribution < -0.4 is 4.90 Å². The van der Waals surface area contributed by atoms with Crippen molar-refractivity contribution < 1.29 is 19.4 Å². The minimum Gasteiger partial charge on any atom is -0.477 e. The van der Waals surface area contributed by atoms with E-state index < -0.39 is 12.1 Å². The summed E-state index contributed by atoms with van der Waals surface area (Å²) in [4.78, 5) is 28.2. The molecule has 2 fully saturated rings. The molecule has 3 rings (SSSR count). The molecule has 2 atom stereocenters. The van der Waals surface area contributed by atoms with E-state index in [0.29, 0.717) is 29.5 Å². The summed E-state index contributed by atoms with van der Waals surface area (Å²) >= 11 is 1.16. The molecule has 1 saturated carbocycles. The van der Waals surface area contributed by atoms with E-state index in [1.807, 2.05) is 27.7 Å². The van der Waals surface area contributed by atoms with E-state index in [1.165, 1.54) is 6.42 Å². The molecule has 1 aliphatic carbocycles. The average Bonchev–Trinajstić information content (AvgIpc) is 3.12. The maximum absolute atomic E-state index is 13.4. The second kappa shape index (κ2) is 9.53. The van der Waals surface area contributed by atoms with Crippen LogP contribution in [0.2, 0.25) is 0 Å². The van der Waals surface area contributed by atoms with Crippen LogP contribution in [0.4, 0.5) is 5.69 Å². The fourth-order valence-electron chi connectivity index (χ4n) is 4.34. The van der Waals surface area contributed by atoms with E-state index in [4.69, 9.17) is 4.74 Å². The molecule has 1 saturated heterocycles. The van der Waals surface area contributed by atoms with Crippen molar-refractivity contribution in [3.8, 4) is 11.8 Å². The molecule has 2 aliphatic rings. The number of hydrogen-bond donors (Lipinski definition) is 1. The molecular formula is C24H33NO4S. The first-order chi connectivity index (χ1) is 14.2. The van der Waals surface area contributed by atoms with Crippen LogP contribution >= 0.6 is 11.3 Å². The van der Waals surface area contributed by atoms with Crippen molar-refractivity contribution in [1.82, 2.24) is 0 Å². The monoisotopic (exact) mass is 431 g/mol. The third-order valence-corrected chi connectivity index (χ3v) is 6.81. The predicted molar refractivity (Wildman–Crippen MR) is 120 cm³/mol. The van der Waals surface area contributed by atoms with Gasteiger partial charge in [-0.3, -0.25) is 4.79 Å². The number of carboxylic acid groups (broad SMARTS) is 1. The van der Waals surface area contributed by atoms with Crippen molar-refractivity contribution in [1.29, 1.82) is 0 Å². The van der Waals surface area contributed by atoms with Crippen LogP contribution in [0.15, 0.2) is 6.07 Å². The Morgan fingerprint density at radius 1 is 1.30 bits per heavy atom. The highest BCUT2D eigenvalue weighted by Crippen LogP contribution is 2.39. The minimum absolute atomic E-state index is 0.102. The van der Waals surface area contributed by atoms with Crippen molar-refractivity contribution in [2.75, 3.05) is 11.5 Å². The van der Waals surface area contributed by atoms with Gasteiger partial charge in [0.05, 0.1) is 23.2 Å². The third kappa shape index (κ3) is 5.25. The Morgan fingerprint density at radius 3 is 2.60 bits per heavy atom. The standard InChI is InChI=1S/C24H33NO4S/c1-5-9-20-22(26)25(19(15-29-20)16-10-7-6-8-11-16)18-14-17(12-13-24(2,3)4)30-21(18)23(27)28/h14,16,19-20H,5-11,15H2,1-4H3,(H,27,28)/t19-,20+/m0/s1. The largest absolute Gasteiger partial charge is 0.477 e. The molecule has 164 valence electrons. The van der Waals surface area contributed by atoms with Gasteiger partial charge in [-0.25, -0.2) is 4.79 Å². The number of nitrogens with zero attached hydrogens (tertiary/aromatic N) is 1. The lowest BCUT2D eigenvalue weighted by molar-refractivity contribution is -0.138. The zero-order chi connectivity index (χ0) is 21.9. The fraction of sp³-hybridized carbons (Fsp3) is 0.667. The van der Waals surface area contributed by atoms with Gasteiger partial charge in [0.25, 0.3) is 5.91 Å². The van der Waals surface area contributed by atoms with E-state index in [2.05, 4.69) is 11.8 Å². The summed E-state index contributed by atoms with van der Waals surface area (Å²) < 4.78 is 5.98. The average molecular weight is 432 g/mol. The number of carbonyl (C=O) groups is 2. The second-order valence-electron chi connectivity index (χ2n) is 9.41. The molecule has 2 heterocycles. The molecule has 1 aromatic rings. The van der Waals surface area contributed by atoms with Gasteiger partial charge in [0.15, 0.2) is 0 Å². The lowest BCUT2D eigenvalue weighted by atomic mass is 9.82. The first kappa shape index (κ1) is 22.8. The molecule has 0 radical (unpaired) electrons. The van der Waals surface area contributed by atoms with Crippen LogP contribution in [0, 0.1) is 23.2 Å². The highest BCUT2D eigenvalue weighted by Gasteiger charge is 2.42. The molecule has 1 N–H and O–H groups in total. The topological polar surface area (TPSA) is 66.8 Å². The smallest absolute Gasteiger partial charge is 0.348 e. The SMILES string of the molecule is CCC[C@H]1OC[C@@H](C2CCCCC2)N(c2cc(C#CC(C)(C)C)sc2C(=O)O)C1=O. The number of carboxylic acids is 1. The quantitative estimate of drug-likeness (QED) is 0.640. The van der Waals surface area contributed by atoms with Gasteiger partial charge in [-0.1, -0.05) is 44.4 Å². The Hall–Kier alpha value is -1.84. The van der Waals surface area contributed by atoms with Crippen molar-refractivity contribution in [2.45, 2.75) is 84.8 Å². The van der Waals surface area contributed by atoms with E-state index in [0.717, 1.165) is 43.4 Å². The van der Waals surface area contributed by atoms with Gasteiger partial charge in [-0.05, 0) is 52.0 Å². The maximum atomic E-state index is 13.4. The Morgan fingerprint density at radius 2 is 2.00 bits per heavy atom. The van der Waals surface area contributed by atoms with Gasteiger partial charge in [-0.2, -0.15) is 0 Å². The third-order valence-electron chi connectivity index (χ3n) is 5.78. The van der Waals surface area contributed by atoms with E-state index in [-0.39, 0.29) is 22.2 Å². The summed E-state index contributed by atoms with van der Waals surface area (Å²) in [5, 5.41) is 9.88. The Bertz CT molecular complexity index is 836. The van der Waals surface area contributed by atoms with E-state index >= 15 is 0 Å². The number of amides is 1. The van der Waals surface area contributed by atoms with Gasteiger partial charge in [-0.15, -0.1) is 11.3 Å². The maximum Gasteiger partial charge on any atom is 0.348 e. The zero-order valence-corrected chi connectivity index (χ0v) is 19.3. The highest BCUT2D eigenvalue weighted by atomic mass is 32.1. The van der Waals surface area contributed by atoms with E-state index in [9.17, 15) is 14.7 Å². The number of aromatic carboxylic acids is 1. The molecular weight excluding hydrogens is 398 g/mol. The lowest BCUT2D eigenvalue weighted by Gasteiger charge is -2.43. The zero-order valence-electron chi connectivity index (χ0n) is 18.5. The summed E-state index contributed by atoms with van der Waals surface area (Å²) in [5.74, 6) is 5.53. The summed E-state index contributed by atoms with van der Waals surface area (Å²) in [6.45, 7) is 8.56. The summed E-state index contributed by atoms with van der Waals surface area (Å²) in [6, 6.07) is 1.69. The molecule has 30 heavy (non-hydrogen) atoms. The van der Waals surface area contributed by atoms with E-state index in [1.54, 1.807) is 11.0 Å². The molecule has 1 aromatic heterocycles. The van der Waals surface area contributed by atoms with Crippen LogP contribution in [0.1, 0.15) is 87.2 Å². The molecule has 0 bridgehead atoms. The first-order valence-electron chi connectivity index (χ1n) is 11.1. The molecule has 0 unspecified atom stereocenters. The van der Waals surface area contributed by atoms with Gasteiger partial charge in [0.1, 0.15) is 11.0 Å². The molecule has 5 nitrogen and oxygen atoms in total. The Kier molecular flexibility index (Phi) is 7.26. The van der Waals surface area contributed by atoms with Gasteiger partial charge >= 0.3 is 5.97 Å². The fourth-order valence-corrected chi connectivity index (χ4v) is 5.18. The highest BCUT2D eigenvalue weighted by molar-refractivity contribution is 7.15. The summed E-state index contributed by atoms with van der Waals surface area (Å²) in [5.41, 5.74) is 0.315. The number of ether oxygens (including phenoxy) is 1. The number of rotatable bonds is 5. The summed E-state index contributed by atoms with van der Waals surface area (Å²) in [7, 11) is 0. The normalized spacial score (nSPS) is 23.2. The van der Waals surface area contributed by atoms with Crippen molar-refractivity contribution >= 4 is 28.9 Å². The first-order valence-corrected chi connectivity index (χ1v) is 11.9. The molecule has 1 aliphatic heterocycles. The Labute approximate surface area is 183 Å². The van der Waals surface area contributed by atoms with Gasteiger partial charge in [0, 0.05) is 5.41 Å². The van der Waals surface area contributed by atoms with Crippen LogP contribution in [-0.2, 0) is 9.53 Å². The summed E-state index contributed by atoms with van der Waals surface area (Å²) in [6.07, 6.45) is 6.63. The number of thiophene rings is 1. The van der Waals surface area contributed by atoms with Crippen molar-refractivity contribution in [3.05, 3.63) is 15.8 Å². The lowest BCUT2D eigenvalue weighted by Crippen LogP contribution is -2.57.